The van der Waals surface area contributed by atoms with Gasteiger partial charge in [-0.1, -0.05) is 29.8 Å². The molecule has 2 fully saturated rings. The number of fused-ring (bicyclic) bond motifs is 1. The van der Waals surface area contributed by atoms with Gasteiger partial charge in [0.1, 0.15) is 5.75 Å². The number of nitrogens with one attached hydrogen (secondary N) is 2. The number of aromatic amines is 1. The molecule has 2 aliphatic carbocycles. The van der Waals surface area contributed by atoms with E-state index in [1.165, 1.54) is 24.0 Å². The Morgan fingerprint density at radius 3 is 2.68 bits per heavy atom. The minimum Gasteiger partial charge on any atom is -0.496 e. The predicted octanol–water partition coefficient (Wildman–Crippen LogP) is 2.90. The molecule has 2 bridgehead atoms. The first kappa shape index (κ1) is 22.1. The van der Waals surface area contributed by atoms with E-state index in [2.05, 4.69) is 50.4 Å². The van der Waals surface area contributed by atoms with Crippen molar-refractivity contribution < 1.29 is 4.74 Å². The van der Waals surface area contributed by atoms with Gasteiger partial charge in [0.15, 0.2) is 0 Å². The van der Waals surface area contributed by atoms with Crippen LogP contribution in [0.5, 0.6) is 5.75 Å². The number of pyridine rings is 1. The standard InChI is InChI=1S/C28H36N4O2/c1-34-26-7-3-2-5-21(26)19-32-13-11-31(12-14-32)18-20-15-22-16-25-24(8-9-27(33)30-25)28(17-20)23(22)6-4-10-29-28/h2-3,5,7-9,15,22-23,29H,4,6,10-14,16-19H2,1H3,(H,30,33). The molecule has 2 N–H and O–H groups in total. The van der Waals surface area contributed by atoms with Crippen LogP contribution < -0.4 is 15.6 Å². The monoisotopic (exact) mass is 460 g/mol. The lowest BCUT2D eigenvalue weighted by Crippen LogP contribution is -2.59. The SMILES string of the molecule is COc1ccccc1CN1CCN(CC2=CC3Cc4[nH]c(=O)ccc4C4(C2)NCCCC34)CC1. The molecule has 1 aromatic heterocycles. The summed E-state index contributed by atoms with van der Waals surface area (Å²) in [5, 5.41) is 3.95. The maximum Gasteiger partial charge on any atom is 0.248 e. The van der Waals surface area contributed by atoms with Crippen LogP contribution in [0.1, 0.15) is 36.1 Å². The molecule has 6 heteroatoms. The van der Waals surface area contributed by atoms with Crippen molar-refractivity contribution in [2.75, 3.05) is 46.4 Å². The molecule has 3 unspecified atom stereocenters. The number of piperidine rings is 1. The van der Waals surface area contributed by atoms with Crippen molar-refractivity contribution >= 4 is 0 Å². The van der Waals surface area contributed by atoms with E-state index >= 15 is 0 Å². The number of allylic oxidation sites excluding steroid dienone is 1. The number of hydrogen-bond acceptors (Lipinski definition) is 5. The van der Waals surface area contributed by atoms with Crippen molar-refractivity contribution in [3.8, 4) is 5.75 Å². The summed E-state index contributed by atoms with van der Waals surface area (Å²) in [4.78, 5) is 20.4. The molecule has 2 saturated heterocycles. The van der Waals surface area contributed by atoms with Crippen LogP contribution in [0.2, 0.25) is 0 Å². The Morgan fingerprint density at radius 2 is 1.85 bits per heavy atom. The number of nitrogens with zero attached hydrogens (tertiary/aromatic N) is 2. The molecular formula is C28H36N4O2. The molecule has 34 heavy (non-hydrogen) atoms. The van der Waals surface area contributed by atoms with E-state index in [1.54, 1.807) is 18.7 Å². The van der Waals surface area contributed by atoms with E-state index in [1.807, 2.05) is 6.07 Å². The van der Waals surface area contributed by atoms with Crippen LogP contribution in [-0.2, 0) is 18.5 Å². The van der Waals surface area contributed by atoms with Gasteiger partial charge in [-0.3, -0.25) is 14.6 Å². The zero-order valence-electron chi connectivity index (χ0n) is 20.2. The molecule has 3 heterocycles. The second-order valence-corrected chi connectivity index (χ2v) is 10.6. The molecule has 0 amide bonds. The third kappa shape index (κ3) is 3.92. The summed E-state index contributed by atoms with van der Waals surface area (Å²) in [6.45, 7) is 7.46. The highest BCUT2D eigenvalue weighted by Gasteiger charge is 2.52. The Bertz CT molecular complexity index is 1130. The van der Waals surface area contributed by atoms with Gasteiger partial charge in [0.2, 0.25) is 5.56 Å². The molecular weight excluding hydrogens is 424 g/mol. The van der Waals surface area contributed by atoms with Crippen molar-refractivity contribution in [2.45, 2.75) is 37.8 Å². The molecule has 0 radical (unpaired) electrons. The van der Waals surface area contributed by atoms with Crippen LogP contribution in [0.3, 0.4) is 0 Å². The molecule has 180 valence electrons. The number of rotatable bonds is 5. The number of ether oxygens (including phenoxy) is 1. The van der Waals surface area contributed by atoms with Crippen molar-refractivity contribution in [3.05, 3.63) is 75.2 Å². The topological polar surface area (TPSA) is 60.6 Å². The van der Waals surface area contributed by atoms with Crippen molar-refractivity contribution in [1.82, 2.24) is 20.1 Å². The van der Waals surface area contributed by atoms with Gasteiger partial charge in [0.05, 0.1) is 12.6 Å². The molecule has 6 nitrogen and oxygen atoms in total. The maximum absolute atomic E-state index is 12.0. The van der Waals surface area contributed by atoms with E-state index < -0.39 is 0 Å². The Kier molecular flexibility index (Phi) is 5.84. The minimum absolute atomic E-state index is 0.00350. The largest absolute Gasteiger partial charge is 0.496 e. The van der Waals surface area contributed by atoms with Gasteiger partial charge >= 0.3 is 0 Å². The van der Waals surface area contributed by atoms with Gasteiger partial charge in [-0.25, -0.2) is 0 Å². The van der Waals surface area contributed by atoms with Crippen LogP contribution in [0.15, 0.2) is 52.8 Å². The first-order chi connectivity index (χ1) is 16.6. The smallest absolute Gasteiger partial charge is 0.248 e. The second kappa shape index (κ2) is 8.99. The number of para-hydroxylation sites is 1. The molecule has 2 aliphatic heterocycles. The summed E-state index contributed by atoms with van der Waals surface area (Å²) in [6.07, 6.45) is 7.14. The summed E-state index contributed by atoms with van der Waals surface area (Å²) >= 11 is 0. The highest BCUT2D eigenvalue weighted by atomic mass is 16.5. The summed E-state index contributed by atoms with van der Waals surface area (Å²) in [5.74, 6) is 2.15. The lowest BCUT2D eigenvalue weighted by atomic mass is 9.57. The zero-order chi connectivity index (χ0) is 23.1. The number of piperazine rings is 1. The molecule has 1 aromatic carbocycles. The lowest BCUT2D eigenvalue weighted by molar-refractivity contribution is 0.0805. The molecule has 2 aromatic rings. The Hall–Kier alpha value is -2.41. The quantitative estimate of drug-likeness (QED) is 0.672. The third-order valence-corrected chi connectivity index (χ3v) is 8.64. The first-order valence-corrected chi connectivity index (χ1v) is 12.9. The van der Waals surface area contributed by atoms with E-state index in [-0.39, 0.29) is 11.1 Å². The lowest BCUT2D eigenvalue weighted by Gasteiger charge is -2.55. The van der Waals surface area contributed by atoms with Crippen LogP contribution in [0.4, 0.5) is 0 Å². The maximum atomic E-state index is 12.0. The van der Waals surface area contributed by atoms with E-state index in [4.69, 9.17) is 4.74 Å². The van der Waals surface area contributed by atoms with Crippen molar-refractivity contribution in [2.24, 2.45) is 11.8 Å². The second-order valence-electron chi connectivity index (χ2n) is 10.6. The van der Waals surface area contributed by atoms with Gasteiger partial charge in [0, 0.05) is 56.6 Å². The average molecular weight is 461 g/mol. The highest BCUT2D eigenvalue weighted by molar-refractivity contribution is 5.40. The summed E-state index contributed by atoms with van der Waals surface area (Å²) < 4.78 is 5.55. The van der Waals surface area contributed by atoms with Crippen molar-refractivity contribution in [1.29, 1.82) is 0 Å². The van der Waals surface area contributed by atoms with Gasteiger partial charge in [-0.05, 0) is 61.8 Å². The van der Waals surface area contributed by atoms with Gasteiger partial charge < -0.3 is 15.0 Å². The zero-order valence-corrected chi connectivity index (χ0v) is 20.2. The van der Waals surface area contributed by atoms with Gasteiger partial charge in [-0.15, -0.1) is 0 Å². The number of H-pyrrole nitrogens is 1. The van der Waals surface area contributed by atoms with Gasteiger partial charge in [-0.2, -0.15) is 0 Å². The minimum atomic E-state index is -0.00350. The number of aromatic nitrogens is 1. The Morgan fingerprint density at radius 1 is 1.06 bits per heavy atom. The molecule has 6 rings (SSSR count). The third-order valence-electron chi connectivity index (χ3n) is 8.64. The van der Waals surface area contributed by atoms with E-state index in [0.29, 0.717) is 11.8 Å². The summed E-state index contributed by atoms with van der Waals surface area (Å²) in [5.41, 5.74) is 5.37. The van der Waals surface area contributed by atoms with Crippen LogP contribution in [-0.4, -0.2) is 61.2 Å². The highest BCUT2D eigenvalue weighted by Crippen LogP contribution is 2.52. The fourth-order valence-electron chi connectivity index (χ4n) is 7.12. The average Bonchev–Trinajstić information content (AvgIpc) is 2.85. The fraction of sp³-hybridized carbons (Fsp3) is 0.536. The molecule has 4 aliphatic rings. The molecule has 3 atom stereocenters. The number of hydrogen-bond donors (Lipinski definition) is 2. The Balaban J connectivity index is 1.14. The molecule has 0 saturated carbocycles. The molecule has 0 spiro atoms. The Labute approximate surface area is 202 Å². The fourth-order valence-corrected chi connectivity index (χ4v) is 7.12. The predicted molar refractivity (Wildman–Crippen MR) is 134 cm³/mol. The number of benzene rings is 1. The summed E-state index contributed by atoms with van der Waals surface area (Å²) in [7, 11) is 1.76. The van der Waals surface area contributed by atoms with Crippen LogP contribution >= 0.6 is 0 Å². The number of methoxy groups -OCH3 is 1. The van der Waals surface area contributed by atoms with Crippen LogP contribution in [0.25, 0.3) is 0 Å². The summed E-state index contributed by atoms with van der Waals surface area (Å²) in [6, 6.07) is 12.2. The van der Waals surface area contributed by atoms with Crippen molar-refractivity contribution in [3.63, 3.8) is 0 Å². The van der Waals surface area contributed by atoms with Crippen LogP contribution in [0, 0.1) is 11.8 Å². The van der Waals surface area contributed by atoms with Gasteiger partial charge in [0.25, 0.3) is 0 Å². The normalized spacial score (nSPS) is 29.1. The van der Waals surface area contributed by atoms with E-state index in [9.17, 15) is 4.79 Å². The van der Waals surface area contributed by atoms with E-state index in [0.717, 1.165) is 70.1 Å². The first-order valence-electron chi connectivity index (χ1n) is 12.9.